The van der Waals surface area contributed by atoms with E-state index in [0.29, 0.717) is 39.4 Å². The van der Waals surface area contributed by atoms with Crippen molar-refractivity contribution >= 4 is 0 Å². The van der Waals surface area contributed by atoms with Crippen LogP contribution >= 0.6 is 0 Å². The van der Waals surface area contributed by atoms with Crippen LogP contribution in [0.4, 0.5) is 0 Å². The normalized spacial score (nSPS) is 56.5. The van der Waals surface area contributed by atoms with E-state index in [0.717, 1.165) is 23.8 Å². The van der Waals surface area contributed by atoms with E-state index in [-0.39, 0.29) is 18.1 Å². The lowest BCUT2D eigenvalue weighted by atomic mass is 9.32. The fourth-order valence-electron chi connectivity index (χ4n) is 11.5. The zero-order chi connectivity index (χ0) is 23.3. The Morgan fingerprint density at radius 2 is 1.50 bits per heavy atom. The van der Waals surface area contributed by atoms with Crippen molar-refractivity contribution < 1.29 is 10.2 Å². The Morgan fingerprint density at radius 1 is 0.781 bits per heavy atom. The van der Waals surface area contributed by atoms with Gasteiger partial charge in [-0.2, -0.15) is 0 Å². The maximum Gasteiger partial charge on any atom is 0.0641 e. The van der Waals surface area contributed by atoms with E-state index in [1.807, 2.05) is 0 Å². The van der Waals surface area contributed by atoms with Crippen molar-refractivity contribution in [3.8, 4) is 0 Å². The molecule has 0 amide bonds. The van der Waals surface area contributed by atoms with Crippen LogP contribution in [0.15, 0.2) is 12.2 Å². The zero-order valence-corrected chi connectivity index (χ0v) is 21.8. The van der Waals surface area contributed by atoms with Crippen LogP contribution in [0.3, 0.4) is 0 Å². The minimum Gasteiger partial charge on any atom is -0.393 e. The number of fused-ring (bicyclic) bond motifs is 7. The first-order valence-electron chi connectivity index (χ1n) is 13.8. The average molecular weight is 443 g/mol. The number of rotatable bonds is 2. The van der Waals surface area contributed by atoms with Gasteiger partial charge < -0.3 is 10.2 Å². The Balaban J connectivity index is 1.53. The molecule has 0 aromatic rings. The van der Waals surface area contributed by atoms with Gasteiger partial charge in [0.15, 0.2) is 0 Å². The molecule has 0 aliphatic heterocycles. The topological polar surface area (TPSA) is 40.5 Å². The second-order valence-corrected chi connectivity index (χ2v) is 14.7. The van der Waals surface area contributed by atoms with E-state index in [1.54, 1.807) is 0 Å². The third-order valence-corrected chi connectivity index (χ3v) is 13.6. The van der Waals surface area contributed by atoms with Crippen LogP contribution in [0.5, 0.6) is 0 Å². The van der Waals surface area contributed by atoms with Gasteiger partial charge in [-0.05, 0) is 126 Å². The fraction of sp³-hybridized carbons (Fsp3) is 0.933. The molecule has 5 aliphatic rings. The van der Waals surface area contributed by atoms with Gasteiger partial charge in [0.1, 0.15) is 0 Å². The summed E-state index contributed by atoms with van der Waals surface area (Å²) in [5.74, 6) is 3.39. The highest BCUT2D eigenvalue weighted by Gasteiger charge is 2.70. The van der Waals surface area contributed by atoms with Crippen molar-refractivity contribution in [1.82, 2.24) is 0 Å². The summed E-state index contributed by atoms with van der Waals surface area (Å²) >= 11 is 0. The van der Waals surface area contributed by atoms with E-state index in [2.05, 4.69) is 48.1 Å². The summed E-state index contributed by atoms with van der Waals surface area (Å²) in [6, 6.07) is 0. The fourth-order valence-corrected chi connectivity index (χ4v) is 11.5. The summed E-state index contributed by atoms with van der Waals surface area (Å²) in [6.45, 7) is 19.8. The Labute approximate surface area is 197 Å². The highest BCUT2D eigenvalue weighted by molar-refractivity contribution is 5.21. The average Bonchev–Trinajstić information content (AvgIpc) is 3.09. The Morgan fingerprint density at radius 3 is 2.19 bits per heavy atom. The van der Waals surface area contributed by atoms with Gasteiger partial charge in [-0.15, -0.1) is 0 Å². The summed E-state index contributed by atoms with van der Waals surface area (Å²) in [5.41, 5.74) is 2.70. The van der Waals surface area contributed by atoms with Crippen LogP contribution in [0.25, 0.3) is 0 Å². The second-order valence-electron chi connectivity index (χ2n) is 14.7. The molecule has 182 valence electrons. The summed E-state index contributed by atoms with van der Waals surface area (Å²) < 4.78 is 0. The van der Waals surface area contributed by atoms with Crippen LogP contribution in [-0.2, 0) is 0 Å². The van der Waals surface area contributed by atoms with Crippen molar-refractivity contribution in [1.29, 1.82) is 0 Å². The van der Waals surface area contributed by atoms with Crippen molar-refractivity contribution in [3.63, 3.8) is 0 Å². The first-order chi connectivity index (χ1) is 14.8. The van der Waals surface area contributed by atoms with Crippen LogP contribution in [0.1, 0.15) is 106 Å². The SMILES string of the molecule is C=C(CO)[C@@H]1CC[C@]2(C)CC[C@]3(C)[C@H](CC[C@H]4[C@@]5(C)CC[C@H](O)C(C)(C)[C@@H]5CC[C@]43C)[C@@H]12. The Hall–Kier alpha value is -0.340. The highest BCUT2D eigenvalue weighted by Crippen LogP contribution is 2.77. The van der Waals surface area contributed by atoms with Gasteiger partial charge >= 0.3 is 0 Å². The molecule has 5 saturated carbocycles. The lowest BCUT2D eigenvalue weighted by Gasteiger charge is -2.73. The Bertz CT molecular complexity index is 786. The van der Waals surface area contributed by atoms with E-state index >= 15 is 0 Å². The molecule has 2 heteroatoms. The Kier molecular flexibility index (Phi) is 5.19. The zero-order valence-electron chi connectivity index (χ0n) is 21.8. The minimum absolute atomic E-state index is 0.0344. The van der Waals surface area contributed by atoms with E-state index in [1.165, 1.54) is 57.8 Å². The minimum atomic E-state index is -0.143. The van der Waals surface area contributed by atoms with Crippen molar-refractivity contribution in [2.75, 3.05) is 6.61 Å². The molecule has 5 rings (SSSR count). The van der Waals surface area contributed by atoms with Gasteiger partial charge in [0, 0.05) is 0 Å². The van der Waals surface area contributed by atoms with Gasteiger partial charge in [-0.1, -0.05) is 48.1 Å². The molecule has 2 nitrogen and oxygen atoms in total. The van der Waals surface area contributed by atoms with Crippen molar-refractivity contribution in [2.45, 2.75) is 112 Å². The molecule has 10 atom stereocenters. The number of aliphatic hydroxyl groups is 2. The van der Waals surface area contributed by atoms with Crippen LogP contribution in [0.2, 0.25) is 0 Å². The third-order valence-electron chi connectivity index (χ3n) is 13.6. The van der Waals surface area contributed by atoms with E-state index in [4.69, 9.17) is 0 Å². The predicted molar refractivity (Wildman–Crippen MR) is 132 cm³/mol. The molecule has 0 unspecified atom stereocenters. The molecule has 0 aromatic carbocycles. The monoisotopic (exact) mass is 442 g/mol. The smallest absolute Gasteiger partial charge is 0.0641 e. The molecular weight excluding hydrogens is 392 g/mol. The molecule has 2 N–H and O–H groups in total. The van der Waals surface area contributed by atoms with E-state index in [9.17, 15) is 10.2 Å². The first-order valence-corrected chi connectivity index (χ1v) is 13.8. The van der Waals surface area contributed by atoms with Crippen LogP contribution in [-0.4, -0.2) is 22.9 Å². The molecule has 5 aliphatic carbocycles. The van der Waals surface area contributed by atoms with Gasteiger partial charge in [-0.3, -0.25) is 0 Å². The number of hydrogen-bond donors (Lipinski definition) is 2. The highest BCUT2D eigenvalue weighted by atomic mass is 16.3. The lowest BCUT2D eigenvalue weighted by molar-refractivity contribution is -0.246. The summed E-state index contributed by atoms with van der Waals surface area (Å²) in [5, 5.41) is 20.9. The molecule has 32 heavy (non-hydrogen) atoms. The number of aliphatic hydroxyl groups excluding tert-OH is 2. The van der Waals surface area contributed by atoms with Crippen LogP contribution < -0.4 is 0 Å². The quantitative estimate of drug-likeness (QED) is 0.452. The van der Waals surface area contributed by atoms with Gasteiger partial charge in [0.25, 0.3) is 0 Å². The molecule has 0 bridgehead atoms. The van der Waals surface area contributed by atoms with Crippen molar-refractivity contribution in [3.05, 3.63) is 12.2 Å². The third kappa shape index (κ3) is 2.72. The summed E-state index contributed by atoms with van der Waals surface area (Å²) in [6.07, 6.45) is 12.7. The largest absolute Gasteiger partial charge is 0.393 e. The molecule has 0 aromatic heterocycles. The second kappa shape index (κ2) is 7.09. The maximum absolute atomic E-state index is 10.9. The molecule has 0 spiro atoms. The molecule has 0 saturated heterocycles. The first kappa shape index (κ1) is 23.4. The van der Waals surface area contributed by atoms with Crippen LogP contribution in [0, 0.1) is 56.7 Å². The molecule has 0 heterocycles. The standard InChI is InChI=1S/C30H50O2/c1-19(18-31)20-10-13-27(4)16-17-29(6)21(25(20)27)8-9-23-28(5)14-12-24(32)26(2,3)22(28)11-15-30(23,29)7/h20-25,31-32H,1,8-18H2,2-7H3/t20-,21+,22-,23-,24-,25+,27+,28-,29+,30+/m0/s1. The van der Waals surface area contributed by atoms with Gasteiger partial charge in [0.2, 0.25) is 0 Å². The maximum atomic E-state index is 10.9. The van der Waals surface area contributed by atoms with Crippen molar-refractivity contribution in [2.24, 2.45) is 56.7 Å². The number of hydrogen-bond acceptors (Lipinski definition) is 2. The lowest BCUT2D eigenvalue weighted by Crippen LogP contribution is -2.66. The molecule has 0 radical (unpaired) electrons. The molecule has 5 fully saturated rings. The van der Waals surface area contributed by atoms with Gasteiger partial charge in [0.05, 0.1) is 12.7 Å². The van der Waals surface area contributed by atoms with E-state index < -0.39 is 0 Å². The summed E-state index contributed by atoms with van der Waals surface area (Å²) in [4.78, 5) is 0. The predicted octanol–water partition coefficient (Wildman–Crippen LogP) is 7.00. The molecular formula is C30H50O2. The van der Waals surface area contributed by atoms with Gasteiger partial charge in [-0.25, -0.2) is 0 Å². The summed E-state index contributed by atoms with van der Waals surface area (Å²) in [7, 11) is 0.